The van der Waals surface area contributed by atoms with Gasteiger partial charge in [-0.2, -0.15) is 13.2 Å². The second-order valence-corrected chi connectivity index (χ2v) is 5.67. The van der Waals surface area contributed by atoms with Crippen LogP contribution in [0.3, 0.4) is 0 Å². The van der Waals surface area contributed by atoms with E-state index in [1.807, 2.05) is 18.9 Å². The number of alkyl halides is 3. The highest BCUT2D eigenvalue weighted by Gasteiger charge is 2.31. The van der Waals surface area contributed by atoms with Crippen molar-refractivity contribution in [2.75, 3.05) is 13.6 Å². The van der Waals surface area contributed by atoms with Crippen LogP contribution in [0.5, 0.6) is 0 Å². The molecule has 1 aromatic heterocycles. The SMILES string of the molecule is CCCN(C)/C=C\c1cc(-c2ncc(C(F)(F)F)cn2)c(F)cc1C=O. The van der Waals surface area contributed by atoms with E-state index in [9.17, 15) is 22.4 Å². The van der Waals surface area contributed by atoms with Gasteiger partial charge in [-0.25, -0.2) is 14.4 Å². The summed E-state index contributed by atoms with van der Waals surface area (Å²) in [5.74, 6) is -0.976. The van der Waals surface area contributed by atoms with Gasteiger partial charge >= 0.3 is 6.18 Å². The molecule has 0 spiro atoms. The van der Waals surface area contributed by atoms with E-state index in [1.165, 1.54) is 6.07 Å². The lowest BCUT2D eigenvalue weighted by Gasteiger charge is -2.12. The molecule has 0 unspecified atom stereocenters. The van der Waals surface area contributed by atoms with E-state index in [2.05, 4.69) is 9.97 Å². The molecule has 2 rings (SSSR count). The summed E-state index contributed by atoms with van der Waals surface area (Å²) in [7, 11) is 1.85. The third-order valence-electron chi connectivity index (χ3n) is 3.60. The van der Waals surface area contributed by atoms with Crippen molar-refractivity contribution in [3.05, 3.63) is 53.2 Å². The van der Waals surface area contributed by atoms with Crippen molar-refractivity contribution >= 4 is 12.4 Å². The molecule has 1 aromatic carbocycles. The topological polar surface area (TPSA) is 46.1 Å². The van der Waals surface area contributed by atoms with Crippen LogP contribution in [-0.2, 0) is 6.18 Å². The van der Waals surface area contributed by atoms with Gasteiger partial charge in [-0.15, -0.1) is 0 Å². The summed E-state index contributed by atoms with van der Waals surface area (Å²) in [6.07, 6.45) is 1.43. The number of aldehydes is 1. The maximum Gasteiger partial charge on any atom is 0.419 e. The molecule has 0 saturated heterocycles. The molecule has 26 heavy (non-hydrogen) atoms. The molecule has 4 nitrogen and oxygen atoms in total. The van der Waals surface area contributed by atoms with E-state index in [-0.39, 0.29) is 17.0 Å². The molecular formula is C18H17F4N3O. The van der Waals surface area contributed by atoms with Crippen LogP contribution < -0.4 is 0 Å². The van der Waals surface area contributed by atoms with E-state index in [0.717, 1.165) is 19.0 Å². The number of aromatic nitrogens is 2. The molecule has 2 aromatic rings. The number of carbonyl (C=O) groups excluding carboxylic acids is 1. The predicted molar refractivity (Wildman–Crippen MR) is 89.8 cm³/mol. The summed E-state index contributed by atoms with van der Waals surface area (Å²) in [6.45, 7) is 2.81. The molecule has 0 bridgehead atoms. The number of hydrogen-bond acceptors (Lipinski definition) is 4. The second kappa shape index (κ2) is 8.07. The Labute approximate surface area is 148 Å². The number of carbonyl (C=O) groups is 1. The molecule has 0 fully saturated rings. The molecule has 1 heterocycles. The highest BCUT2D eigenvalue weighted by molar-refractivity contribution is 5.83. The maximum atomic E-state index is 14.3. The monoisotopic (exact) mass is 367 g/mol. The Morgan fingerprint density at radius 1 is 1.15 bits per heavy atom. The third kappa shape index (κ3) is 4.65. The highest BCUT2D eigenvalue weighted by atomic mass is 19.4. The van der Waals surface area contributed by atoms with Gasteiger partial charge in [-0.05, 0) is 36.4 Å². The molecule has 138 valence electrons. The number of nitrogens with zero attached hydrogens (tertiary/aromatic N) is 3. The van der Waals surface area contributed by atoms with Gasteiger partial charge in [-0.1, -0.05) is 6.92 Å². The summed E-state index contributed by atoms with van der Waals surface area (Å²) in [4.78, 5) is 20.3. The molecule has 0 amide bonds. The zero-order chi connectivity index (χ0) is 19.3. The van der Waals surface area contributed by atoms with Crippen molar-refractivity contribution in [2.24, 2.45) is 0 Å². The van der Waals surface area contributed by atoms with Crippen LogP contribution in [0.1, 0.15) is 34.8 Å². The molecule has 0 radical (unpaired) electrons. The largest absolute Gasteiger partial charge is 0.419 e. The normalized spacial score (nSPS) is 11.8. The van der Waals surface area contributed by atoms with Crippen molar-refractivity contribution in [3.8, 4) is 11.4 Å². The fraction of sp³-hybridized carbons (Fsp3) is 0.278. The molecular weight excluding hydrogens is 350 g/mol. The molecule has 0 atom stereocenters. The van der Waals surface area contributed by atoms with Crippen LogP contribution in [0.2, 0.25) is 0 Å². The first kappa shape index (κ1) is 19.6. The Morgan fingerprint density at radius 2 is 1.81 bits per heavy atom. The van der Waals surface area contributed by atoms with Gasteiger partial charge in [0.2, 0.25) is 0 Å². The minimum atomic E-state index is -4.57. The fourth-order valence-corrected chi connectivity index (χ4v) is 2.27. The van der Waals surface area contributed by atoms with Gasteiger partial charge in [0.05, 0.1) is 11.1 Å². The molecule has 8 heteroatoms. The summed E-state index contributed by atoms with van der Waals surface area (Å²) in [6, 6.07) is 2.36. The lowest BCUT2D eigenvalue weighted by Crippen LogP contribution is -2.10. The van der Waals surface area contributed by atoms with Crippen molar-refractivity contribution in [3.63, 3.8) is 0 Å². The van der Waals surface area contributed by atoms with Crippen LogP contribution >= 0.6 is 0 Å². The zero-order valence-corrected chi connectivity index (χ0v) is 14.2. The Hall–Kier alpha value is -2.77. The summed E-state index contributed by atoms with van der Waals surface area (Å²) in [5, 5.41) is 0. The summed E-state index contributed by atoms with van der Waals surface area (Å²) < 4.78 is 52.1. The van der Waals surface area contributed by atoms with Gasteiger partial charge in [0.25, 0.3) is 0 Å². The van der Waals surface area contributed by atoms with E-state index in [0.29, 0.717) is 24.2 Å². The smallest absolute Gasteiger partial charge is 0.380 e. The second-order valence-electron chi connectivity index (χ2n) is 5.67. The standard InChI is InChI=1S/C18H17F4N3O/c1-3-5-25(2)6-4-12-7-15(16(19)8-13(12)11-26)17-23-9-14(10-24-17)18(20,21)22/h4,6-11H,3,5H2,1-2H3/b6-4-. The first-order valence-electron chi connectivity index (χ1n) is 7.83. The fourth-order valence-electron chi connectivity index (χ4n) is 2.27. The Bertz CT molecular complexity index is 801. The van der Waals surface area contributed by atoms with Crippen LogP contribution in [0.15, 0.2) is 30.7 Å². The van der Waals surface area contributed by atoms with E-state index in [4.69, 9.17) is 0 Å². The Balaban J connectivity index is 2.43. The van der Waals surface area contributed by atoms with Gasteiger partial charge in [0.15, 0.2) is 12.1 Å². The minimum Gasteiger partial charge on any atom is -0.380 e. The molecule has 0 saturated carbocycles. The zero-order valence-electron chi connectivity index (χ0n) is 14.2. The highest BCUT2D eigenvalue weighted by Crippen LogP contribution is 2.29. The van der Waals surface area contributed by atoms with Crippen LogP contribution in [0.4, 0.5) is 17.6 Å². The van der Waals surface area contributed by atoms with Crippen LogP contribution in [0, 0.1) is 5.82 Å². The van der Waals surface area contributed by atoms with Crippen molar-refractivity contribution < 1.29 is 22.4 Å². The third-order valence-corrected chi connectivity index (χ3v) is 3.60. The van der Waals surface area contributed by atoms with Crippen molar-refractivity contribution in [2.45, 2.75) is 19.5 Å². The van der Waals surface area contributed by atoms with E-state index in [1.54, 1.807) is 12.3 Å². The van der Waals surface area contributed by atoms with E-state index >= 15 is 0 Å². The average Bonchev–Trinajstić information content (AvgIpc) is 2.60. The number of benzene rings is 1. The maximum absolute atomic E-state index is 14.3. The molecule has 0 N–H and O–H groups in total. The Kier molecular flexibility index (Phi) is 6.07. The minimum absolute atomic E-state index is 0.0814. The molecule has 0 aliphatic carbocycles. The summed E-state index contributed by atoms with van der Waals surface area (Å²) in [5.41, 5.74) is -0.559. The first-order valence-corrected chi connectivity index (χ1v) is 7.83. The van der Waals surface area contributed by atoms with Crippen LogP contribution in [0.25, 0.3) is 17.5 Å². The van der Waals surface area contributed by atoms with Crippen molar-refractivity contribution in [1.29, 1.82) is 0 Å². The predicted octanol–water partition coefficient (Wildman–Crippen LogP) is 4.43. The average molecular weight is 367 g/mol. The van der Waals surface area contributed by atoms with Gasteiger partial charge in [0, 0.05) is 31.5 Å². The quantitative estimate of drug-likeness (QED) is 0.560. The van der Waals surface area contributed by atoms with Gasteiger partial charge in [-0.3, -0.25) is 4.79 Å². The number of hydrogen-bond donors (Lipinski definition) is 0. The number of halogens is 4. The van der Waals surface area contributed by atoms with E-state index < -0.39 is 17.6 Å². The van der Waals surface area contributed by atoms with Gasteiger partial charge < -0.3 is 4.90 Å². The van der Waals surface area contributed by atoms with Crippen LogP contribution in [-0.4, -0.2) is 34.7 Å². The number of rotatable bonds is 6. The van der Waals surface area contributed by atoms with Gasteiger partial charge in [0.1, 0.15) is 5.82 Å². The summed E-state index contributed by atoms with van der Waals surface area (Å²) >= 11 is 0. The molecule has 0 aliphatic heterocycles. The Morgan fingerprint density at radius 3 is 2.35 bits per heavy atom. The first-order chi connectivity index (χ1) is 12.3. The lowest BCUT2D eigenvalue weighted by atomic mass is 10.0. The van der Waals surface area contributed by atoms with Crippen molar-refractivity contribution in [1.82, 2.24) is 14.9 Å². The lowest BCUT2D eigenvalue weighted by molar-refractivity contribution is -0.138. The molecule has 0 aliphatic rings.